The van der Waals surface area contributed by atoms with E-state index in [1.807, 2.05) is 26.8 Å². The van der Waals surface area contributed by atoms with Gasteiger partial charge in [0.1, 0.15) is 10.9 Å². The van der Waals surface area contributed by atoms with E-state index in [1.165, 1.54) is 16.2 Å². The molecule has 0 bridgehead atoms. The van der Waals surface area contributed by atoms with Crippen LogP contribution in [0.5, 0.6) is 0 Å². The van der Waals surface area contributed by atoms with Crippen molar-refractivity contribution < 1.29 is 0 Å². The van der Waals surface area contributed by atoms with Crippen molar-refractivity contribution >= 4 is 39.4 Å². The Morgan fingerprint density at radius 2 is 2.06 bits per heavy atom. The molecule has 0 aliphatic heterocycles. The average Bonchev–Trinajstić information content (AvgIpc) is 2.81. The molecular weight excluding hydrogens is 288 g/mol. The number of nitrogens with zero attached hydrogens (tertiary/aromatic N) is 3. The summed E-state index contributed by atoms with van der Waals surface area (Å²) in [4.78, 5) is 10.1. The number of nitriles is 1. The van der Waals surface area contributed by atoms with E-state index in [4.69, 9.17) is 16.9 Å². The zero-order valence-corrected chi connectivity index (χ0v) is 12.5. The van der Waals surface area contributed by atoms with Crippen LogP contribution in [0.2, 0.25) is 5.15 Å². The van der Waals surface area contributed by atoms with Crippen LogP contribution in [0.15, 0.2) is 0 Å². The first-order chi connectivity index (χ1) is 8.51. The number of halogens is 1. The molecule has 1 unspecified atom stereocenters. The Kier molecular flexibility index (Phi) is 3.85. The summed E-state index contributed by atoms with van der Waals surface area (Å²) in [7, 11) is 0. The lowest BCUT2D eigenvalue weighted by Gasteiger charge is -2.11. The van der Waals surface area contributed by atoms with Gasteiger partial charge in [-0.2, -0.15) is 5.26 Å². The molecule has 18 heavy (non-hydrogen) atoms. The largest absolute Gasteiger partial charge is 0.354 e. The smallest absolute Gasteiger partial charge is 0.185 e. The van der Waals surface area contributed by atoms with E-state index in [0.29, 0.717) is 10.0 Å². The molecule has 7 heteroatoms. The van der Waals surface area contributed by atoms with Crippen LogP contribution < -0.4 is 5.32 Å². The highest BCUT2D eigenvalue weighted by Crippen LogP contribution is 2.31. The summed E-state index contributed by atoms with van der Waals surface area (Å²) in [5.74, 6) is 0. The summed E-state index contributed by atoms with van der Waals surface area (Å²) in [6.07, 6.45) is 0. The molecule has 2 aromatic rings. The minimum atomic E-state index is 0.102. The van der Waals surface area contributed by atoms with Gasteiger partial charge in [0.15, 0.2) is 10.3 Å². The Hall–Kier alpha value is -1.16. The van der Waals surface area contributed by atoms with Crippen LogP contribution in [0, 0.1) is 25.2 Å². The predicted octanol–water partition coefficient (Wildman–Crippen LogP) is 3.91. The van der Waals surface area contributed by atoms with Crippen molar-refractivity contribution in [2.24, 2.45) is 0 Å². The predicted molar refractivity (Wildman–Crippen MR) is 75.5 cm³/mol. The van der Waals surface area contributed by atoms with Crippen LogP contribution in [0.3, 0.4) is 0 Å². The van der Waals surface area contributed by atoms with E-state index in [1.54, 1.807) is 11.3 Å². The highest BCUT2D eigenvalue weighted by atomic mass is 35.5. The molecular formula is C11H11ClN4S2. The first kappa shape index (κ1) is 13.3. The molecule has 4 nitrogen and oxygen atoms in total. The van der Waals surface area contributed by atoms with Gasteiger partial charge in [-0.15, -0.1) is 11.3 Å². The van der Waals surface area contributed by atoms with Crippen molar-refractivity contribution in [2.75, 3.05) is 5.32 Å². The summed E-state index contributed by atoms with van der Waals surface area (Å²) in [5.41, 5.74) is 1.03. The lowest BCUT2D eigenvalue weighted by molar-refractivity contribution is 0.887. The van der Waals surface area contributed by atoms with Gasteiger partial charge in [0.25, 0.3) is 0 Å². The maximum absolute atomic E-state index is 8.83. The summed E-state index contributed by atoms with van der Waals surface area (Å²) in [5, 5.41) is 14.0. The fourth-order valence-corrected chi connectivity index (χ4v) is 3.60. The zero-order chi connectivity index (χ0) is 13.3. The molecule has 1 N–H and O–H groups in total. The Balaban J connectivity index is 2.18. The molecule has 0 saturated heterocycles. The molecule has 2 aromatic heterocycles. The summed E-state index contributed by atoms with van der Waals surface area (Å²) in [6, 6.07) is 2.12. The van der Waals surface area contributed by atoms with Gasteiger partial charge in [0, 0.05) is 4.88 Å². The highest BCUT2D eigenvalue weighted by Gasteiger charge is 2.15. The molecule has 0 aliphatic rings. The molecule has 0 spiro atoms. The fraction of sp³-hybridized carbons (Fsp3) is 0.364. The Labute approximate surface area is 118 Å². The summed E-state index contributed by atoms with van der Waals surface area (Å²) >= 11 is 8.76. The van der Waals surface area contributed by atoms with Gasteiger partial charge < -0.3 is 5.32 Å². The maximum atomic E-state index is 8.83. The third-order valence-electron chi connectivity index (χ3n) is 2.36. The normalized spacial score (nSPS) is 12.2. The molecule has 94 valence electrons. The first-order valence-electron chi connectivity index (χ1n) is 5.28. The number of hydrogen-bond acceptors (Lipinski definition) is 6. The van der Waals surface area contributed by atoms with Crippen molar-refractivity contribution in [3.63, 3.8) is 0 Å². The molecule has 1 atom stereocenters. The standard InChI is InChI=1S/C11H11ClN4S2/c1-5-9(17-7(3)14-5)6(2)15-11-16-10(12)8(4-13)18-11/h6H,1-3H3,(H,15,16). The number of hydrogen-bond donors (Lipinski definition) is 1. The van der Waals surface area contributed by atoms with E-state index in [0.717, 1.165) is 10.7 Å². The van der Waals surface area contributed by atoms with Crippen molar-refractivity contribution in [1.82, 2.24) is 9.97 Å². The highest BCUT2D eigenvalue weighted by molar-refractivity contribution is 7.16. The second-order valence-electron chi connectivity index (χ2n) is 3.80. The minimum Gasteiger partial charge on any atom is -0.354 e. The Morgan fingerprint density at radius 3 is 2.56 bits per heavy atom. The van der Waals surface area contributed by atoms with Crippen LogP contribution in [-0.2, 0) is 0 Å². The fourth-order valence-electron chi connectivity index (χ4n) is 1.63. The van der Waals surface area contributed by atoms with E-state index in [9.17, 15) is 0 Å². The van der Waals surface area contributed by atoms with E-state index in [-0.39, 0.29) is 11.2 Å². The van der Waals surface area contributed by atoms with Gasteiger partial charge in [-0.3, -0.25) is 0 Å². The molecule has 2 rings (SSSR count). The van der Waals surface area contributed by atoms with E-state index >= 15 is 0 Å². The molecule has 0 amide bonds. The topological polar surface area (TPSA) is 61.6 Å². The molecule has 2 heterocycles. The van der Waals surface area contributed by atoms with Crippen LogP contribution in [0.4, 0.5) is 5.13 Å². The zero-order valence-electron chi connectivity index (χ0n) is 10.1. The number of thiazole rings is 2. The molecule has 0 fully saturated rings. The third kappa shape index (κ3) is 2.64. The Morgan fingerprint density at radius 1 is 1.33 bits per heavy atom. The van der Waals surface area contributed by atoms with Crippen LogP contribution >= 0.6 is 34.3 Å². The van der Waals surface area contributed by atoms with Gasteiger partial charge in [0.05, 0.1) is 16.7 Å². The van der Waals surface area contributed by atoms with Gasteiger partial charge in [-0.05, 0) is 20.8 Å². The lowest BCUT2D eigenvalue weighted by Crippen LogP contribution is -2.05. The number of aromatic nitrogens is 2. The Bertz CT molecular complexity index is 611. The maximum Gasteiger partial charge on any atom is 0.185 e. The van der Waals surface area contributed by atoms with E-state index in [2.05, 4.69) is 15.3 Å². The molecule has 0 radical (unpaired) electrons. The van der Waals surface area contributed by atoms with Crippen LogP contribution in [-0.4, -0.2) is 9.97 Å². The summed E-state index contributed by atoms with van der Waals surface area (Å²) < 4.78 is 0. The van der Waals surface area contributed by atoms with Crippen molar-refractivity contribution in [3.8, 4) is 6.07 Å². The summed E-state index contributed by atoms with van der Waals surface area (Å²) in [6.45, 7) is 6.02. The lowest BCUT2D eigenvalue weighted by atomic mass is 10.2. The number of anilines is 1. The third-order valence-corrected chi connectivity index (χ3v) is 4.89. The number of aryl methyl sites for hydroxylation is 2. The molecule has 0 aromatic carbocycles. The van der Waals surface area contributed by atoms with Crippen molar-refractivity contribution in [3.05, 3.63) is 25.6 Å². The van der Waals surface area contributed by atoms with E-state index < -0.39 is 0 Å². The number of rotatable bonds is 3. The second kappa shape index (κ2) is 5.22. The van der Waals surface area contributed by atoms with Gasteiger partial charge in [-0.25, -0.2) is 9.97 Å². The van der Waals surface area contributed by atoms with Gasteiger partial charge in [-0.1, -0.05) is 22.9 Å². The van der Waals surface area contributed by atoms with Crippen LogP contribution in [0.1, 0.15) is 33.4 Å². The van der Waals surface area contributed by atoms with Crippen molar-refractivity contribution in [1.29, 1.82) is 5.26 Å². The second-order valence-corrected chi connectivity index (χ2v) is 6.39. The van der Waals surface area contributed by atoms with Crippen molar-refractivity contribution in [2.45, 2.75) is 26.8 Å². The first-order valence-corrected chi connectivity index (χ1v) is 7.29. The minimum absolute atomic E-state index is 0.102. The SMILES string of the molecule is Cc1nc(C)c(C(C)Nc2nc(Cl)c(C#N)s2)s1. The van der Waals surface area contributed by atoms with Crippen LogP contribution in [0.25, 0.3) is 0 Å². The molecule has 0 aliphatic carbocycles. The quantitative estimate of drug-likeness (QED) is 0.933. The van der Waals surface area contributed by atoms with Gasteiger partial charge >= 0.3 is 0 Å². The average molecular weight is 299 g/mol. The molecule has 0 saturated carbocycles. The number of nitrogens with one attached hydrogen (secondary N) is 1. The van der Waals surface area contributed by atoms with Gasteiger partial charge in [0.2, 0.25) is 0 Å². The monoisotopic (exact) mass is 298 g/mol.